The van der Waals surface area contributed by atoms with Crippen LogP contribution in [0.25, 0.3) is 0 Å². The lowest BCUT2D eigenvalue weighted by Gasteiger charge is -2.24. The molecule has 7 nitrogen and oxygen atoms in total. The molecular weight excluding hydrogens is 320 g/mol. The Morgan fingerprint density at radius 1 is 1.40 bits per heavy atom. The fourth-order valence-electron chi connectivity index (χ4n) is 3.40. The van der Waals surface area contributed by atoms with E-state index in [2.05, 4.69) is 15.7 Å². The lowest BCUT2D eigenvalue weighted by Crippen LogP contribution is -2.37. The van der Waals surface area contributed by atoms with Crippen LogP contribution in [-0.4, -0.2) is 27.0 Å². The Morgan fingerprint density at radius 2 is 2.20 bits per heavy atom. The number of nitrogens with one attached hydrogen (secondary N) is 2. The van der Waals surface area contributed by atoms with Crippen molar-refractivity contribution in [1.82, 2.24) is 15.1 Å². The smallest absolute Gasteiger partial charge is 0.320 e. The van der Waals surface area contributed by atoms with E-state index in [9.17, 15) is 9.90 Å². The first-order chi connectivity index (χ1) is 12.1. The standard InChI is InChI=1S/C18H26N4O3/c1-13(12-15(23)16-8-5-11-25-16)20-18(24)21-17-9-10-19-22(17)14-6-3-2-4-7-14/h5,8-11,13-15,23H,2-4,6-7,12H2,1H3,(H2,20,21,24). The van der Waals surface area contributed by atoms with Crippen LogP contribution in [0.15, 0.2) is 35.1 Å². The molecule has 1 aliphatic rings. The number of carbonyl (C=O) groups is 1. The van der Waals surface area contributed by atoms with Gasteiger partial charge in [-0.2, -0.15) is 5.10 Å². The molecule has 2 aromatic heterocycles. The van der Waals surface area contributed by atoms with Crippen molar-refractivity contribution in [3.63, 3.8) is 0 Å². The van der Waals surface area contributed by atoms with E-state index in [1.807, 2.05) is 17.7 Å². The Kier molecular flexibility index (Phi) is 5.75. The maximum Gasteiger partial charge on any atom is 0.320 e. The Bertz CT molecular complexity index is 662. The number of aliphatic hydroxyl groups is 1. The molecule has 0 spiro atoms. The SMILES string of the molecule is CC(CC(O)c1ccco1)NC(=O)Nc1ccnn1C1CCCCC1. The van der Waals surface area contributed by atoms with Gasteiger partial charge in [0.25, 0.3) is 0 Å². The second kappa shape index (κ2) is 8.20. The second-order valence-corrected chi connectivity index (χ2v) is 6.72. The molecule has 2 amide bonds. The van der Waals surface area contributed by atoms with Gasteiger partial charge in [-0.15, -0.1) is 0 Å². The number of furan rings is 1. The average Bonchev–Trinajstić information content (AvgIpc) is 3.27. The van der Waals surface area contributed by atoms with Crippen LogP contribution in [-0.2, 0) is 0 Å². The Morgan fingerprint density at radius 3 is 2.92 bits per heavy atom. The molecule has 25 heavy (non-hydrogen) atoms. The molecule has 3 rings (SSSR count). The number of anilines is 1. The average molecular weight is 346 g/mol. The molecule has 0 bridgehead atoms. The predicted molar refractivity (Wildman–Crippen MR) is 94.3 cm³/mol. The van der Waals surface area contributed by atoms with Gasteiger partial charge in [0.2, 0.25) is 0 Å². The van der Waals surface area contributed by atoms with Crippen molar-refractivity contribution in [3.05, 3.63) is 36.4 Å². The molecule has 2 aromatic rings. The summed E-state index contributed by atoms with van der Waals surface area (Å²) < 4.78 is 7.10. The van der Waals surface area contributed by atoms with Crippen molar-refractivity contribution < 1.29 is 14.3 Å². The van der Waals surface area contributed by atoms with Gasteiger partial charge in [-0.25, -0.2) is 9.48 Å². The van der Waals surface area contributed by atoms with E-state index in [0.717, 1.165) is 12.8 Å². The summed E-state index contributed by atoms with van der Waals surface area (Å²) in [6.45, 7) is 1.85. The number of rotatable bonds is 6. The molecule has 0 radical (unpaired) electrons. The van der Waals surface area contributed by atoms with Crippen molar-refractivity contribution in [2.24, 2.45) is 0 Å². The molecule has 136 valence electrons. The third kappa shape index (κ3) is 4.63. The first-order valence-corrected chi connectivity index (χ1v) is 8.96. The quantitative estimate of drug-likeness (QED) is 0.745. The maximum absolute atomic E-state index is 12.3. The minimum atomic E-state index is -0.738. The van der Waals surface area contributed by atoms with Crippen LogP contribution in [0.4, 0.5) is 10.6 Å². The van der Waals surface area contributed by atoms with Gasteiger partial charge in [-0.1, -0.05) is 19.3 Å². The molecule has 2 atom stereocenters. The molecule has 1 aliphatic carbocycles. The summed E-state index contributed by atoms with van der Waals surface area (Å²) in [5, 5.41) is 20.2. The number of aromatic nitrogens is 2. The Labute approximate surface area is 147 Å². The van der Waals surface area contributed by atoms with Crippen LogP contribution in [0.2, 0.25) is 0 Å². The number of carbonyl (C=O) groups excluding carboxylic acids is 1. The number of amides is 2. The zero-order valence-corrected chi connectivity index (χ0v) is 14.5. The fraction of sp³-hybridized carbons (Fsp3) is 0.556. The van der Waals surface area contributed by atoms with E-state index in [1.54, 1.807) is 18.3 Å². The summed E-state index contributed by atoms with van der Waals surface area (Å²) in [6, 6.07) is 5.13. The highest BCUT2D eigenvalue weighted by Gasteiger charge is 2.20. The van der Waals surface area contributed by atoms with Crippen LogP contribution in [0.1, 0.15) is 63.4 Å². The Hall–Kier alpha value is -2.28. The van der Waals surface area contributed by atoms with Gasteiger partial charge in [-0.05, 0) is 31.9 Å². The lowest BCUT2D eigenvalue weighted by atomic mass is 9.96. The minimum absolute atomic E-state index is 0.203. The van der Waals surface area contributed by atoms with Crippen molar-refractivity contribution >= 4 is 11.8 Å². The van der Waals surface area contributed by atoms with Crippen molar-refractivity contribution in [2.45, 2.75) is 63.6 Å². The minimum Gasteiger partial charge on any atom is -0.467 e. The zero-order chi connectivity index (χ0) is 17.6. The first-order valence-electron chi connectivity index (χ1n) is 8.96. The van der Waals surface area contributed by atoms with Gasteiger partial charge in [0, 0.05) is 18.5 Å². The summed E-state index contributed by atoms with van der Waals surface area (Å²) in [6.07, 6.45) is 8.77. The first kappa shape index (κ1) is 17.5. The highest BCUT2D eigenvalue weighted by molar-refractivity contribution is 5.88. The fourth-order valence-corrected chi connectivity index (χ4v) is 3.40. The molecule has 0 aromatic carbocycles. The summed E-state index contributed by atoms with van der Waals surface area (Å²) in [4.78, 5) is 12.3. The van der Waals surface area contributed by atoms with E-state index in [4.69, 9.17) is 4.42 Å². The predicted octanol–water partition coefficient (Wildman–Crippen LogP) is 3.62. The van der Waals surface area contributed by atoms with Crippen LogP contribution in [0, 0.1) is 0 Å². The van der Waals surface area contributed by atoms with Crippen molar-refractivity contribution in [1.29, 1.82) is 0 Å². The number of hydrogen-bond acceptors (Lipinski definition) is 4. The van der Waals surface area contributed by atoms with Crippen LogP contribution >= 0.6 is 0 Å². The van der Waals surface area contributed by atoms with Gasteiger partial charge >= 0.3 is 6.03 Å². The van der Waals surface area contributed by atoms with E-state index in [-0.39, 0.29) is 12.1 Å². The normalized spacial score (nSPS) is 17.8. The molecule has 2 heterocycles. The molecule has 0 saturated heterocycles. The summed E-state index contributed by atoms with van der Waals surface area (Å²) >= 11 is 0. The van der Waals surface area contributed by atoms with Crippen LogP contribution < -0.4 is 10.6 Å². The number of nitrogens with zero attached hydrogens (tertiary/aromatic N) is 2. The molecular formula is C18H26N4O3. The van der Waals surface area contributed by atoms with Gasteiger partial charge in [-0.3, -0.25) is 5.32 Å². The molecule has 0 aliphatic heterocycles. The number of urea groups is 1. The summed E-state index contributed by atoms with van der Waals surface area (Å²) in [5.74, 6) is 1.22. The maximum atomic E-state index is 12.3. The van der Waals surface area contributed by atoms with Crippen LogP contribution in [0.3, 0.4) is 0 Å². The third-order valence-electron chi connectivity index (χ3n) is 4.66. The topological polar surface area (TPSA) is 92.3 Å². The molecule has 2 unspecified atom stereocenters. The summed E-state index contributed by atoms with van der Waals surface area (Å²) in [7, 11) is 0. The van der Waals surface area contributed by atoms with Gasteiger partial charge in [0.05, 0.1) is 18.5 Å². The highest BCUT2D eigenvalue weighted by Crippen LogP contribution is 2.29. The van der Waals surface area contributed by atoms with E-state index >= 15 is 0 Å². The van der Waals surface area contributed by atoms with Crippen molar-refractivity contribution in [3.8, 4) is 0 Å². The zero-order valence-electron chi connectivity index (χ0n) is 14.5. The van der Waals surface area contributed by atoms with E-state index in [1.165, 1.54) is 25.5 Å². The lowest BCUT2D eigenvalue weighted by molar-refractivity contribution is 0.130. The molecule has 7 heteroatoms. The van der Waals surface area contributed by atoms with Gasteiger partial charge in [0.1, 0.15) is 17.7 Å². The highest BCUT2D eigenvalue weighted by atomic mass is 16.4. The van der Waals surface area contributed by atoms with Crippen LogP contribution in [0.5, 0.6) is 0 Å². The van der Waals surface area contributed by atoms with Gasteiger partial charge < -0.3 is 14.8 Å². The van der Waals surface area contributed by atoms with Crippen molar-refractivity contribution in [2.75, 3.05) is 5.32 Å². The molecule has 1 fully saturated rings. The molecule has 1 saturated carbocycles. The third-order valence-corrected chi connectivity index (χ3v) is 4.66. The van der Waals surface area contributed by atoms with E-state index < -0.39 is 6.10 Å². The molecule has 3 N–H and O–H groups in total. The number of aliphatic hydroxyl groups excluding tert-OH is 1. The second-order valence-electron chi connectivity index (χ2n) is 6.72. The monoisotopic (exact) mass is 346 g/mol. The largest absolute Gasteiger partial charge is 0.467 e. The van der Waals surface area contributed by atoms with Gasteiger partial charge in [0.15, 0.2) is 0 Å². The summed E-state index contributed by atoms with van der Waals surface area (Å²) in [5.41, 5.74) is 0. The van der Waals surface area contributed by atoms with E-state index in [0.29, 0.717) is 24.0 Å². The Balaban J connectivity index is 1.51. The number of hydrogen-bond donors (Lipinski definition) is 3.